The Morgan fingerprint density at radius 3 is 2.33 bits per heavy atom. The molecule has 136 valence electrons. The fourth-order valence-corrected chi connectivity index (χ4v) is 2.56. The molecule has 0 aromatic heterocycles. The summed E-state index contributed by atoms with van der Waals surface area (Å²) < 4.78 is 5.24. The first kappa shape index (κ1) is 20.3. The van der Waals surface area contributed by atoms with Gasteiger partial charge in [0.15, 0.2) is 5.96 Å². The monoisotopic (exact) mass is 334 g/mol. The van der Waals surface area contributed by atoms with Crippen LogP contribution in [0, 0.1) is 5.92 Å². The van der Waals surface area contributed by atoms with Crippen molar-refractivity contribution in [2.75, 3.05) is 41.3 Å². The predicted octanol–water partition coefficient (Wildman–Crippen LogP) is 2.90. The van der Waals surface area contributed by atoms with Gasteiger partial charge in [-0.2, -0.15) is 0 Å². The highest BCUT2D eigenvalue weighted by molar-refractivity contribution is 5.79. The lowest BCUT2D eigenvalue weighted by atomic mass is 10.1. The third-order valence-electron chi connectivity index (χ3n) is 4.06. The van der Waals surface area contributed by atoms with Crippen LogP contribution in [0.1, 0.15) is 38.3 Å². The molecular weight excluding hydrogens is 300 g/mol. The molecule has 0 aliphatic rings. The summed E-state index contributed by atoms with van der Waals surface area (Å²) in [6.07, 6.45) is 2.39. The second-order valence-electron chi connectivity index (χ2n) is 6.67. The Balaban J connectivity index is 2.54. The van der Waals surface area contributed by atoms with E-state index in [1.54, 1.807) is 7.11 Å². The van der Waals surface area contributed by atoms with Gasteiger partial charge in [0.25, 0.3) is 0 Å². The molecule has 0 radical (unpaired) electrons. The Bertz CT molecular complexity index is 483. The predicted molar refractivity (Wildman–Crippen MR) is 103 cm³/mol. The number of likely N-dealkylation sites (N-methyl/N-ethyl adjacent to an activating group) is 1. The molecule has 0 bridgehead atoms. The van der Waals surface area contributed by atoms with Gasteiger partial charge in [0, 0.05) is 20.1 Å². The number of guanidine groups is 1. The van der Waals surface area contributed by atoms with E-state index in [2.05, 4.69) is 60.6 Å². The van der Waals surface area contributed by atoms with Gasteiger partial charge < -0.3 is 20.3 Å². The number of hydrogen-bond acceptors (Lipinski definition) is 3. The summed E-state index contributed by atoms with van der Waals surface area (Å²) in [6.45, 7) is 6.25. The molecule has 0 spiro atoms. The van der Waals surface area contributed by atoms with Crippen molar-refractivity contribution in [3.63, 3.8) is 0 Å². The summed E-state index contributed by atoms with van der Waals surface area (Å²) in [5, 5.41) is 6.82. The van der Waals surface area contributed by atoms with Gasteiger partial charge in [0.1, 0.15) is 5.75 Å². The highest BCUT2D eigenvalue weighted by Crippen LogP contribution is 2.20. The van der Waals surface area contributed by atoms with E-state index in [1.165, 1.54) is 12.0 Å². The van der Waals surface area contributed by atoms with Crippen LogP contribution in [-0.2, 0) is 0 Å². The normalized spacial score (nSPS) is 13.2. The van der Waals surface area contributed by atoms with Crippen LogP contribution >= 0.6 is 0 Å². The molecular formula is C19H34N4O. The number of methoxy groups -OCH3 is 1. The van der Waals surface area contributed by atoms with Crippen molar-refractivity contribution in [2.24, 2.45) is 10.9 Å². The Labute approximate surface area is 147 Å². The van der Waals surface area contributed by atoms with Crippen LogP contribution in [0.4, 0.5) is 0 Å². The molecule has 1 rings (SSSR count). The molecule has 24 heavy (non-hydrogen) atoms. The lowest BCUT2D eigenvalue weighted by molar-refractivity contribution is 0.298. The van der Waals surface area contributed by atoms with E-state index in [0.29, 0.717) is 0 Å². The van der Waals surface area contributed by atoms with Crippen molar-refractivity contribution < 1.29 is 4.74 Å². The van der Waals surface area contributed by atoms with E-state index < -0.39 is 0 Å². The SMILES string of the molecule is CN=C(NCCCC(C)C)NCC(c1ccc(OC)cc1)N(C)C. The Kier molecular flexibility index (Phi) is 9.23. The Morgan fingerprint density at radius 1 is 1.17 bits per heavy atom. The standard InChI is InChI=1S/C19H34N4O/c1-15(2)8-7-13-21-19(20-3)22-14-18(23(4)5)16-9-11-17(24-6)12-10-16/h9-12,15,18H,7-8,13-14H2,1-6H3,(H2,20,21,22). The molecule has 0 saturated heterocycles. The van der Waals surface area contributed by atoms with Crippen LogP contribution in [0.3, 0.4) is 0 Å². The van der Waals surface area contributed by atoms with Gasteiger partial charge in [-0.05, 0) is 50.6 Å². The van der Waals surface area contributed by atoms with Crippen molar-refractivity contribution in [1.82, 2.24) is 15.5 Å². The summed E-state index contributed by atoms with van der Waals surface area (Å²) >= 11 is 0. The average molecular weight is 335 g/mol. The molecule has 0 saturated carbocycles. The van der Waals surface area contributed by atoms with Crippen LogP contribution in [0.25, 0.3) is 0 Å². The minimum atomic E-state index is 0.269. The van der Waals surface area contributed by atoms with Crippen LogP contribution in [0.15, 0.2) is 29.3 Å². The highest BCUT2D eigenvalue weighted by atomic mass is 16.5. The minimum Gasteiger partial charge on any atom is -0.497 e. The molecule has 1 aromatic rings. The van der Waals surface area contributed by atoms with E-state index in [1.807, 2.05) is 19.2 Å². The molecule has 5 nitrogen and oxygen atoms in total. The number of rotatable bonds is 9. The highest BCUT2D eigenvalue weighted by Gasteiger charge is 2.14. The van der Waals surface area contributed by atoms with Gasteiger partial charge in [-0.3, -0.25) is 4.99 Å². The summed E-state index contributed by atoms with van der Waals surface area (Å²) in [6, 6.07) is 8.51. The van der Waals surface area contributed by atoms with Gasteiger partial charge in [-0.15, -0.1) is 0 Å². The second-order valence-corrected chi connectivity index (χ2v) is 6.67. The molecule has 0 fully saturated rings. The molecule has 2 N–H and O–H groups in total. The molecule has 1 unspecified atom stereocenters. The van der Waals surface area contributed by atoms with E-state index >= 15 is 0 Å². The van der Waals surface area contributed by atoms with Gasteiger partial charge >= 0.3 is 0 Å². The third kappa shape index (κ3) is 7.21. The largest absolute Gasteiger partial charge is 0.497 e. The van der Waals surface area contributed by atoms with Crippen LogP contribution in [-0.4, -0.2) is 52.2 Å². The Morgan fingerprint density at radius 2 is 1.83 bits per heavy atom. The number of nitrogens with zero attached hydrogens (tertiary/aromatic N) is 2. The molecule has 5 heteroatoms. The lowest BCUT2D eigenvalue weighted by Crippen LogP contribution is -2.42. The summed E-state index contributed by atoms with van der Waals surface area (Å²) in [5.41, 5.74) is 1.25. The zero-order valence-electron chi connectivity index (χ0n) is 16.1. The first-order chi connectivity index (χ1) is 11.5. The fourth-order valence-electron chi connectivity index (χ4n) is 2.56. The van der Waals surface area contributed by atoms with Crippen molar-refractivity contribution in [1.29, 1.82) is 0 Å². The molecule has 0 amide bonds. The van der Waals surface area contributed by atoms with E-state index in [9.17, 15) is 0 Å². The van der Waals surface area contributed by atoms with Gasteiger partial charge in [0.2, 0.25) is 0 Å². The maximum absolute atomic E-state index is 5.24. The molecule has 1 atom stereocenters. The first-order valence-electron chi connectivity index (χ1n) is 8.72. The molecule has 0 aliphatic heterocycles. The second kappa shape index (κ2) is 10.9. The third-order valence-corrected chi connectivity index (χ3v) is 4.06. The van der Waals surface area contributed by atoms with Crippen molar-refractivity contribution >= 4 is 5.96 Å². The number of hydrogen-bond donors (Lipinski definition) is 2. The quantitative estimate of drug-likeness (QED) is 0.414. The lowest BCUT2D eigenvalue weighted by Gasteiger charge is -2.26. The van der Waals surface area contributed by atoms with Crippen LogP contribution in [0.2, 0.25) is 0 Å². The smallest absolute Gasteiger partial charge is 0.191 e. The summed E-state index contributed by atoms with van der Waals surface area (Å²) in [4.78, 5) is 6.52. The number of ether oxygens (including phenoxy) is 1. The summed E-state index contributed by atoms with van der Waals surface area (Å²) in [7, 11) is 7.69. The zero-order valence-corrected chi connectivity index (χ0v) is 16.1. The maximum atomic E-state index is 5.24. The topological polar surface area (TPSA) is 48.9 Å². The van der Waals surface area contributed by atoms with Gasteiger partial charge in [-0.25, -0.2) is 0 Å². The van der Waals surface area contributed by atoms with Gasteiger partial charge in [0.05, 0.1) is 13.2 Å². The van der Waals surface area contributed by atoms with Crippen molar-refractivity contribution in [3.8, 4) is 5.75 Å². The van der Waals surface area contributed by atoms with Crippen LogP contribution in [0.5, 0.6) is 5.75 Å². The fraction of sp³-hybridized carbons (Fsp3) is 0.632. The number of nitrogens with one attached hydrogen (secondary N) is 2. The Hall–Kier alpha value is -1.75. The van der Waals surface area contributed by atoms with Gasteiger partial charge in [-0.1, -0.05) is 26.0 Å². The zero-order chi connectivity index (χ0) is 17.9. The number of benzene rings is 1. The average Bonchev–Trinajstić information content (AvgIpc) is 2.57. The van der Waals surface area contributed by atoms with Crippen molar-refractivity contribution in [2.45, 2.75) is 32.7 Å². The van der Waals surface area contributed by atoms with E-state index in [0.717, 1.165) is 37.1 Å². The van der Waals surface area contributed by atoms with Crippen LogP contribution < -0.4 is 15.4 Å². The first-order valence-corrected chi connectivity index (χ1v) is 8.72. The maximum Gasteiger partial charge on any atom is 0.191 e. The molecule has 0 aliphatic carbocycles. The van der Waals surface area contributed by atoms with Crippen molar-refractivity contribution in [3.05, 3.63) is 29.8 Å². The number of aliphatic imine (C=N–C) groups is 1. The summed E-state index contributed by atoms with van der Waals surface area (Å²) in [5.74, 6) is 2.49. The molecule has 0 heterocycles. The minimum absolute atomic E-state index is 0.269. The van der Waals surface area contributed by atoms with E-state index in [4.69, 9.17) is 4.74 Å². The van der Waals surface area contributed by atoms with E-state index in [-0.39, 0.29) is 6.04 Å². The molecule has 1 aromatic carbocycles.